The Hall–Kier alpha value is -2.86. The number of carbonyl (C=O) groups excluding carboxylic acids is 2. The number of nitrogens with two attached hydrogens (primary N) is 1. The van der Waals surface area contributed by atoms with Gasteiger partial charge in [-0.15, -0.1) is 0 Å². The van der Waals surface area contributed by atoms with Crippen LogP contribution in [0.4, 0.5) is 10.5 Å². The van der Waals surface area contributed by atoms with Gasteiger partial charge in [-0.05, 0) is 49.2 Å². The molecule has 4 N–H and O–H groups in total. The molecule has 2 aromatic rings. The molecule has 0 aliphatic heterocycles. The molecule has 6 nitrogen and oxygen atoms in total. The Bertz CT molecular complexity index is 729. The predicted octanol–water partition coefficient (Wildman–Crippen LogP) is 2.69. The molecule has 2 aromatic carbocycles. The highest BCUT2D eigenvalue weighted by atomic mass is 16.5. The number of nitrogens with one attached hydrogen (secondary N) is 2. The van der Waals surface area contributed by atoms with Crippen LogP contribution in [0.25, 0.3) is 0 Å². The van der Waals surface area contributed by atoms with E-state index in [1.807, 2.05) is 31.4 Å². The second kappa shape index (κ2) is 7.42. The van der Waals surface area contributed by atoms with Gasteiger partial charge >= 0.3 is 6.03 Å². The van der Waals surface area contributed by atoms with Crippen LogP contribution in [0.3, 0.4) is 0 Å². The molecule has 120 valence electrons. The lowest BCUT2D eigenvalue weighted by atomic mass is 10.1. The Morgan fingerprint density at radius 3 is 2.65 bits per heavy atom. The van der Waals surface area contributed by atoms with Gasteiger partial charge in [-0.2, -0.15) is 0 Å². The zero-order chi connectivity index (χ0) is 16.8. The Morgan fingerprint density at radius 1 is 1.22 bits per heavy atom. The maximum Gasteiger partial charge on any atom is 0.333 e. The molecular weight excluding hydrogens is 294 g/mol. The molecule has 0 atom stereocenters. The third kappa shape index (κ3) is 4.08. The monoisotopic (exact) mass is 313 g/mol. The van der Waals surface area contributed by atoms with Crippen LogP contribution in [0.5, 0.6) is 5.75 Å². The molecule has 0 aromatic heterocycles. The van der Waals surface area contributed by atoms with E-state index >= 15 is 0 Å². The summed E-state index contributed by atoms with van der Waals surface area (Å²) in [4.78, 5) is 22.2. The number of carbonyl (C=O) groups is 2. The lowest BCUT2D eigenvalue weighted by Gasteiger charge is -2.15. The SMILES string of the molecule is Cc1cc(C=O)ccc1OCc1c(C)cccc1NC(=O)NN. The Kier molecular flexibility index (Phi) is 5.32. The number of hydrazine groups is 1. The summed E-state index contributed by atoms with van der Waals surface area (Å²) in [5, 5.41) is 2.67. The standard InChI is InChI=1S/C17H19N3O3/c1-11-4-3-5-15(19-17(22)20-18)14(11)10-23-16-7-6-13(9-21)8-12(16)2/h3-9H,10,18H2,1-2H3,(H2,19,20,22). The van der Waals surface area contributed by atoms with E-state index in [1.165, 1.54) is 0 Å². The van der Waals surface area contributed by atoms with Crippen molar-refractivity contribution in [1.29, 1.82) is 0 Å². The van der Waals surface area contributed by atoms with E-state index in [4.69, 9.17) is 10.6 Å². The molecule has 23 heavy (non-hydrogen) atoms. The first kappa shape index (κ1) is 16.5. The average Bonchev–Trinajstić information content (AvgIpc) is 2.55. The summed E-state index contributed by atoms with van der Waals surface area (Å²) in [5.74, 6) is 5.79. The molecular formula is C17H19N3O3. The zero-order valence-electron chi connectivity index (χ0n) is 13.1. The minimum absolute atomic E-state index is 0.286. The molecule has 0 aliphatic rings. The van der Waals surface area contributed by atoms with Gasteiger partial charge in [0.15, 0.2) is 0 Å². The molecule has 0 bridgehead atoms. The van der Waals surface area contributed by atoms with Gasteiger partial charge < -0.3 is 10.1 Å². The van der Waals surface area contributed by atoms with E-state index < -0.39 is 6.03 Å². The van der Waals surface area contributed by atoms with E-state index in [-0.39, 0.29) is 6.61 Å². The molecule has 0 radical (unpaired) electrons. The lowest BCUT2D eigenvalue weighted by molar-refractivity contribution is 0.112. The van der Waals surface area contributed by atoms with Crippen LogP contribution in [0.2, 0.25) is 0 Å². The number of benzene rings is 2. The fourth-order valence-corrected chi connectivity index (χ4v) is 2.23. The molecule has 0 aliphatic carbocycles. The largest absolute Gasteiger partial charge is 0.489 e. The molecule has 0 saturated heterocycles. The van der Waals surface area contributed by atoms with Crippen LogP contribution in [0.1, 0.15) is 27.0 Å². The van der Waals surface area contributed by atoms with Crippen molar-refractivity contribution in [2.24, 2.45) is 5.84 Å². The molecule has 0 saturated carbocycles. The van der Waals surface area contributed by atoms with Gasteiger partial charge in [0.25, 0.3) is 0 Å². The molecule has 2 rings (SSSR count). The smallest absolute Gasteiger partial charge is 0.333 e. The van der Waals surface area contributed by atoms with Gasteiger partial charge in [-0.25, -0.2) is 10.6 Å². The van der Waals surface area contributed by atoms with Gasteiger partial charge in [0.2, 0.25) is 0 Å². The number of ether oxygens (including phenoxy) is 1. The number of amides is 2. The van der Waals surface area contributed by atoms with Gasteiger partial charge in [-0.3, -0.25) is 10.2 Å². The second-order valence-electron chi connectivity index (χ2n) is 5.13. The number of urea groups is 1. The first-order valence-corrected chi connectivity index (χ1v) is 7.10. The summed E-state index contributed by atoms with van der Waals surface area (Å²) in [5.41, 5.74) is 5.99. The lowest BCUT2D eigenvalue weighted by Crippen LogP contribution is -2.34. The summed E-state index contributed by atoms with van der Waals surface area (Å²) in [6, 6.07) is 10.3. The highest BCUT2D eigenvalue weighted by Gasteiger charge is 2.10. The van der Waals surface area contributed by atoms with Crippen LogP contribution in [0, 0.1) is 13.8 Å². The van der Waals surface area contributed by atoms with E-state index in [1.54, 1.807) is 24.3 Å². The molecule has 2 amide bonds. The number of anilines is 1. The molecule has 6 heteroatoms. The minimum Gasteiger partial charge on any atom is -0.489 e. The van der Waals surface area contributed by atoms with E-state index in [2.05, 4.69) is 5.32 Å². The Morgan fingerprint density at radius 2 is 2.00 bits per heavy atom. The van der Waals surface area contributed by atoms with Crippen molar-refractivity contribution < 1.29 is 14.3 Å². The van der Waals surface area contributed by atoms with Crippen LogP contribution >= 0.6 is 0 Å². The topological polar surface area (TPSA) is 93.4 Å². The Balaban J connectivity index is 2.20. The van der Waals surface area contributed by atoms with Gasteiger partial charge in [0.1, 0.15) is 18.6 Å². The number of aldehydes is 1. The van der Waals surface area contributed by atoms with E-state index in [9.17, 15) is 9.59 Å². The predicted molar refractivity (Wildman–Crippen MR) is 88.4 cm³/mol. The van der Waals surface area contributed by atoms with Gasteiger partial charge in [0, 0.05) is 16.8 Å². The highest BCUT2D eigenvalue weighted by molar-refractivity contribution is 5.89. The zero-order valence-corrected chi connectivity index (χ0v) is 13.1. The van der Waals surface area contributed by atoms with Crippen LogP contribution in [0.15, 0.2) is 36.4 Å². The quantitative estimate of drug-likeness (QED) is 0.342. The Labute approximate surface area is 134 Å². The molecule has 0 heterocycles. The van der Waals surface area contributed by atoms with Crippen molar-refractivity contribution in [1.82, 2.24) is 5.43 Å². The molecule has 0 unspecified atom stereocenters. The number of hydrogen-bond donors (Lipinski definition) is 3. The minimum atomic E-state index is -0.497. The second-order valence-corrected chi connectivity index (χ2v) is 5.13. The van der Waals surface area contributed by atoms with Crippen molar-refractivity contribution in [2.75, 3.05) is 5.32 Å². The van der Waals surface area contributed by atoms with Crippen LogP contribution in [-0.2, 0) is 6.61 Å². The van der Waals surface area contributed by atoms with Crippen molar-refractivity contribution in [3.63, 3.8) is 0 Å². The van der Waals surface area contributed by atoms with Gasteiger partial charge in [0.05, 0.1) is 0 Å². The maximum atomic E-state index is 11.4. The van der Waals surface area contributed by atoms with Crippen molar-refractivity contribution in [3.05, 3.63) is 58.7 Å². The first-order valence-electron chi connectivity index (χ1n) is 7.10. The summed E-state index contributed by atoms with van der Waals surface area (Å²) in [6.45, 7) is 4.10. The highest BCUT2D eigenvalue weighted by Crippen LogP contribution is 2.24. The molecule has 0 spiro atoms. The summed E-state index contributed by atoms with van der Waals surface area (Å²) in [7, 11) is 0. The fraction of sp³-hybridized carbons (Fsp3) is 0.176. The van der Waals surface area contributed by atoms with Gasteiger partial charge in [-0.1, -0.05) is 12.1 Å². The number of hydrogen-bond acceptors (Lipinski definition) is 4. The van der Waals surface area contributed by atoms with Crippen LogP contribution in [-0.4, -0.2) is 12.3 Å². The number of rotatable bonds is 5. The molecule has 0 fully saturated rings. The average molecular weight is 313 g/mol. The van der Waals surface area contributed by atoms with Crippen molar-refractivity contribution >= 4 is 18.0 Å². The van der Waals surface area contributed by atoms with Crippen LogP contribution < -0.4 is 21.3 Å². The third-order valence-corrected chi connectivity index (χ3v) is 3.50. The maximum absolute atomic E-state index is 11.4. The van der Waals surface area contributed by atoms with E-state index in [0.717, 1.165) is 23.0 Å². The number of aryl methyl sites for hydroxylation is 2. The van der Waals surface area contributed by atoms with Crippen molar-refractivity contribution in [3.8, 4) is 5.75 Å². The first-order chi connectivity index (χ1) is 11.0. The normalized spacial score (nSPS) is 10.0. The van der Waals surface area contributed by atoms with E-state index in [0.29, 0.717) is 17.0 Å². The summed E-state index contributed by atoms with van der Waals surface area (Å²) >= 11 is 0. The summed E-state index contributed by atoms with van der Waals surface area (Å²) < 4.78 is 5.84. The fourth-order valence-electron chi connectivity index (χ4n) is 2.23. The summed E-state index contributed by atoms with van der Waals surface area (Å²) in [6.07, 6.45) is 0.797. The van der Waals surface area contributed by atoms with Crippen molar-refractivity contribution in [2.45, 2.75) is 20.5 Å². The third-order valence-electron chi connectivity index (χ3n) is 3.50.